The van der Waals surface area contributed by atoms with Gasteiger partial charge in [0.15, 0.2) is 11.6 Å². The third-order valence-electron chi connectivity index (χ3n) is 4.38. The molecule has 1 amide bonds. The standard InChI is InChI=1S/C20H21FN2O3/c1-26-19-7-5-15(13-18(19)21)6-8-20(25)23-11-9-22(10-12-23)16-3-2-4-17(24)14-16/h2-8,13-14,24H,9-12H2,1H3/b8-6+. The quantitative estimate of drug-likeness (QED) is 0.856. The van der Waals surface area contributed by atoms with Crippen molar-refractivity contribution >= 4 is 17.7 Å². The number of methoxy groups -OCH3 is 1. The van der Waals surface area contributed by atoms with Gasteiger partial charge in [-0.25, -0.2) is 4.39 Å². The second-order valence-electron chi connectivity index (χ2n) is 6.06. The molecule has 0 aromatic heterocycles. The van der Waals surface area contributed by atoms with E-state index in [2.05, 4.69) is 4.90 Å². The molecule has 1 aliphatic heterocycles. The summed E-state index contributed by atoms with van der Waals surface area (Å²) in [4.78, 5) is 16.2. The topological polar surface area (TPSA) is 53.0 Å². The molecule has 0 spiro atoms. The summed E-state index contributed by atoms with van der Waals surface area (Å²) in [5.74, 6) is -0.147. The van der Waals surface area contributed by atoms with Crippen molar-refractivity contribution < 1.29 is 19.0 Å². The summed E-state index contributed by atoms with van der Waals surface area (Å²) in [5.41, 5.74) is 1.55. The minimum absolute atomic E-state index is 0.100. The molecule has 2 aromatic carbocycles. The minimum atomic E-state index is -0.457. The molecule has 2 aromatic rings. The minimum Gasteiger partial charge on any atom is -0.508 e. The largest absolute Gasteiger partial charge is 0.508 e. The number of halogens is 1. The van der Waals surface area contributed by atoms with Crippen molar-refractivity contribution in [3.05, 3.63) is 59.9 Å². The molecular formula is C20H21FN2O3. The third kappa shape index (κ3) is 4.14. The average molecular weight is 356 g/mol. The zero-order valence-corrected chi connectivity index (χ0v) is 14.6. The molecule has 0 bridgehead atoms. The van der Waals surface area contributed by atoms with Crippen LogP contribution < -0.4 is 9.64 Å². The number of amides is 1. The maximum absolute atomic E-state index is 13.7. The summed E-state index contributed by atoms with van der Waals surface area (Å²) in [7, 11) is 1.41. The number of hydrogen-bond donors (Lipinski definition) is 1. The van der Waals surface area contributed by atoms with Crippen molar-refractivity contribution in [2.45, 2.75) is 0 Å². The molecule has 0 unspecified atom stereocenters. The van der Waals surface area contributed by atoms with Gasteiger partial charge >= 0.3 is 0 Å². The van der Waals surface area contributed by atoms with Gasteiger partial charge in [0.2, 0.25) is 5.91 Å². The Labute approximate surface area is 151 Å². The maximum atomic E-state index is 13.7. The maximum Gasteiger partial charge on any atom is 0.246 e. The molecule has 1 N–H and O–H groups in total. The average Bonchev–Trinajstić information content (AvgIpc) is 2.66. The van der Waals surface area contributed by atoms with Crippen molar-refractivity contribution in [2.75, 3.05) is 38.2 Å². The van der Waals surface area contributed by atoms with Gasteiger partial charge in [-0.15, -0.1) is 0 Å². The number of hydrogen-bond acceptors (Lipinski definition) is 4. The van der Waals surface area contributed by atoms with Gasteiger partial charge in [0.25, 0.3) is 0 Å². The summed E-state index contributed by atoms with van der Waals surface area (Å²) >= 11 is 0. The first kappa shape index (κ1) is 17.8. The fourth-order valence-electron chi connectivity index (χ4n) is 2.93. The van der Waals surface area contributed by atoms with Crippen LogP contribution in [0.5, 0.6) is 11.5 Å². The first-order valence-corrected chi connectivity index (χ1v) is 8.41. The summed E-state index contributed by atoms with van der Waals surface area (Å²) in [6.45, 7) is 2.58. The van der Waals surface area contributed by atoms with Crippen molar-refractivity contribution in [1.82, 2.24) is 4.90 Å². The second-order valence-corrected chi connectivity index (χ2v) is 6.06. The smallest absolute Gasteiger partial charge is 0.246 e. The Bertz CT molecular complexity index is 814. The van der Waals surface area contributed by atoms with E-state index in [-0.39, 0.29) is 17.4 Å². The first-order valence-electron chi connectivity index (χ1n) is 8.41. The number of carbonyl (C=O) groups is 1. The molecule has 26 heavy (non-hydrogen) atoms. The highest BCUT2D eigenvalue weighted by atomic mass is 19.1. The van der Waals surface area contributed by atoms with Gasteiger partial charge in [0, 0.05) is 44.0 Å². The molecule has 1 fully saturated rings. The fourth-order valence-corrected chi connectivity index (χ4v) is 2.93. The fraction of sp³-hybridized carbons (Fsp3) is 0.250. The molecule has 6 heteroatoms. The number of phenolic OH excluding ortho intramolecular Hbond substituents is 1. The lowest BCUT2D eigenvalue weighted by Crippen LogP contribution is -2.48. The van der Waals surface area contributed by atoms with Gasteiger partial charge in [-0.1, -0.05) is 12.1 Å². The Balaban J connectivity index is 1.57. The van der Waals surface area contributed by atoms with Crippen molar-refractivity contribution in [3.63, 3.8) is 0 Å². The predicted octanol–water partition coefficient (Wildman–Crippen LogP) is 2.90. The highest BCUT2D eigenvalue weighted by Gasteiger charge is 2.20. The number of piperazine rings is 1. The first-order chi connectivity index (χ1) is 12.6. The van der Waals surface area contributed by atoms with E-state index in [9.17, 15) is 14.3 Å². The van der Waals surface area contributed by atoms with E-state index < -0.39 is 5.82 Å². The van der Waals surface area contributed by atoms with Crippen LogP contribution in [0.15, 0.2) is 48.5 Å². The van der Waals surface area contributed by atoms with Crippen LogP contribution >= 0.6 is 0 Å². The number of aromatic hydroxyl groups is 1. The number of carbonyl (C=O) groups excluding carboxylic acids is 1. The Morgan fingerprint density at radius 2 is 1.92 bits per heavy atom. The van der Waals surface area contributed by atoms with Crippen LogP contribution in [0.3, 0.4) is 0 Å². The lowest BCUT2D eigenvalue weighted by atomic mass is 10.2. The molecule has 1 aliphatic rings. The Morgan fingerprint density at radius 3 is 2.58 bits per heavy atom. The molecule has 5 nitrogen and oxygen atoms in total. The number of ether oxygens (including phenoxy) is 1. The molecule has 0 aliphatic carbocycles. The third-order valence-corrected chi connectivity index (χ3v) is 4.38. The van der Waals surface area contributed by atoms with Gasteiger partial charge in [0.05, 0.1) is 7.11 Å². The normalized spacial score (nSPS) is 14.7. The second kappa shape index (κ2) is 7.91. The van der Waals surface area contributed by atoms with Gasteiger partial charge in [-0.05, 0) is 35.9 Å². The Morgan fingerprint density at radius 1 is 1.15 bits per heavy atom. The molecular weight excluding hydrogens is 335 g/mol. The Kier molecular flexibility index (Phi) is 5.41. The van der Waals surface area contributed by atoms with Gasteiger partial charge < -0.3 is 19.6 Å². The monoisotopic (exact) mass is 356 g/mol. The van der Waals surface area contributed by atoms with E-state index in [1.807, 2.05) is 6.07 Å². The van der Waals surface area contributed by atoms with Crippen molar-refractivity contribution in [1.29, 1.82) is 0 Å². The van der Waals surface area contributed by atoms with E-state index in [4.69, 9.17) is 4.74 Å². The van der Waals surface area contributed by atoms with Gasteiger partial charge in [-0.3, -0.25) is 4.79 Å². The molecule has 1 saturated heterocycles. The van der Waals surface area contributed by atoms with Crippen LogP contribution in [0, 0.1) is 5.82 Å². The van der Waals surface area contributed by atoms with Crippen molar-refractivity contribution in [2.24, 2.45) is 0 Å². The van der Waals surface area contributed by atoms with E-state index in [0.29, 0.717) is 31.7 Å². The van der Waals surface area contributed by atoms with Gasteiger partial charge in [0.1, 0.15) is 5.75 Å². The Hall–Kier alpha value is -3.02. The molecule has 0 radical (unpaired) electrons. The van der Waals surface area contributed by atoms with E-state index in [1.165, 1.54) is 25.3 Å². The van der Waals surface area contributed by atoms with Gasteiger partial charge in [-0.2, -0.15) is 0 Å². The van der Waals surface area contributed by atoms with Crippen molar-refractivity contribution in [3.8, 4) is 11.5 Å². The van der Waals surface area contributed by atoms with Crippen LogP contribution in [-0.4, -0.2) is 49.2 Å². The summed E-state index contributed by atoms with van der Waals surface area (Å²) in [6.07, 6.45) is 3.07. The summed E-state index contributed by atoms with van der Waals surface area (Å²) < 4.78 is 18.6. The van der Waals surface area contributed by atoms with E-state index >= 15 is 0 Å². The number of phenols is 1. The zero-order valence-electron chi connectivity index (χ0n) is 14.6. The van der Waals surface area contributed by atoms with Crippen LogP contribution in [0.2, 0.25) is 0 Å². The lowest BCUT2D eigenvalue weighted by Gasteiger charge is -2.35. The van der Waals surface area contributed by atoms with Crippen LogP contribution in [0.4, 0.5) is 10.1 Å². The van der Waals surface area contributed by atoms with E-state index in [0.717, 1.165) is 5.69 Å². The molecule has 0 atom stereocenters. The summed E-state index contributed by atoms with van der Waals surface area (Å²) in [6, 6.07) is 11.7. The molecule has 3 rings (SSSR count). The number of nitrogens with zero attached hydrogens (tertiary/aromatic N) is 2. The highest BCUT2D eigenvalue weighted by Crippen LogP contribution is 2.22. The number of rotatable bonds is 4. The summed E-state index contributed by atoms with van der Waals surface area (Å²) in [5, 5.41) is 9.58. The van der Waals surface area contributed by atoms with Crippen LogP contribution in [0.1, 0.15) is 5.56 Å². The van der Waals surface area contributed by atoms with Crippen LogP contribution in [0.25, 0.3) is 6.08 Å². The predicted molar refractivity (Wildman–Crippen MR) is 98.9 cm³/mol. The highest BCUT2D eigenvalue weighted by molar-refractivity contribution is 5.92. The SMILES string of the molecule is COc1ccc(/C=C/C(=O)N2CCN(c3cccc(O)c3)CC2)cc1F. The number of anilines is 1. The number of benzene rings is 2. The lowest BCUT2D eigenvalue weighted by molar-refractivity contribution is -0.126. The zero-order chi connectivity index (χ0) is 18.5. The molecule has 1 heterocycles. The molecule has 136 valence electrons. The van der Waals surface area contributed by atoms with Crippen LogP contribution in [-0.2, 0) is 4.79 Å². The van der Waals surface area contributed by atoms with E-state index in [1.54, 1.807) is 35.2 Å². The molecule has 0 saturated carbocycles.